The second-order valence-corrected chi connectivity index (χ2v) is 8.11. The molecule has 0 fully saturated rings. The molecule has 0 radical (unpaired) electrons. The Labute approximate surface area is 184 Å². The van der Waals surface area contributed by atoms with Crippen molar-refractivity contribution in [1.29, 1.82) is 0 Å². The SMILES string of the molecule is c1ccc(-c2cccc3c2oc2ccccc23)c(-c2cccc3c2oc2ccccc23)c1. The van der Waals surface area contributed by atoms with E-state index in [2.05, 4.69) is 84.9 Å². The molecule has 0 saturated heterocycles. The summed E-state index contributed by atoms with van der Waals surface area (Å²) < 4.78 is 12.7. The van der Waals surface area contributed by atoms with Gasteiger partial charge in [-0.15, -0.1) is 0 Å². The molecule has 2 heterocycles. The van der Waals surface area contributed by atoms with Crippen molar-refractivity contribution in [3.8, 4) is 22.3 Å². The zero-order valence-corrected chi connectivity index (χ0v) is 17.2. The molecule has 0 aliphatic carbocycles. The number of hydrogen-bond acceptors (Lipinski definition) is 2. The number of rotatable bonds is 2. The molecule has 0 spiro atoms. The first-order valence-corrected chi connectivity index (χ1v) is 10.8. The molecular weight excluding hydrogens is 392 g/mol. The third-order valence-electron chi connectivity index (χ3n) is 6.32. The molecule has 2 aromatic heterocycles. The standard InChI is InChI=1S/C30H18O2/c1-2-10-20(24-14-8-16-26-22-12-4-6-18-28(22)32-30(24)26)19(9-1)23-13-7-15-25-21-11-3-5-17-27(21)31-29(23)25/h1-18H. The number of benzene rings is 5. The summed E-state index contributed by atoms with van der Waals surface area (Å²) in [5, 5.41) is 4.55. The molecule has 32 heavy (non-hydrogen) atoms. The van der Waals surface area contributed by atoms with Gasteiger partial charge in [-0.2, -0.15) is 0 Å². The highest BCUT2D eigenvalue weighted by atomic mass is 16.3. The normalized spacial score (nSPS) is 11.8. The van der Waals surface area contributed by atoms with E-state index in [1.807, 2.05) is 24.3 Å². The summed E-state index contributed by atoms with van der Waals surface area (Å²) in [4.78, 5) is 0. The van der Waals surface area contributed by atoms with Gasteiger partial charge >= 0.3 is 0 Å². The molecule has 0 saturated carbocycles. The Kier molecular flexibility index (Phi) is 3.58. The fourth-order valence-corrected chi connectivity index (χ4v) is 4.87. The van der Waals surface area contributed by atoms with E-state index < -0.39 is 0 Å². The van der Waals surface area contributed by atoms with Gasteiger partial charge in [0.2, 0.25) is 0 Å². The summed E-state index contributed by atoms with van der Waals surface area (Å²) in [6, 6.07) is 37.7. The highest BCUT2D eigenvalue weighted by Gasteiger charge is 2.18. The first-order chi connectivity index (χ1) is 15.9. The zero-order chi connectivity index (χ0) is 21.1. The zero-order valence-electron chi connectivity index (χ0n) is 17.2. The molecule has 2 nitrogen and oxygen atoms in total. The van der Waals surface area contributed by atoms with Crippen molar-refractivity contribution >= 4 is 43.9 Å². The Balaban J connectivity index is 1.55. The van der Waals surface area contributed by atoms with Crippen molar-refractivity contribution in [2.24, 2.45) is 0 Å². The van der Waals surface area contributed by atoms with Crippen LogP contribution >= 0.6 is 0 Å². The molecular formula is C30H18O2. The van der Waals surface area contributed by atoms with E-state index in [-0.39, 0.29) is 0 Å². The first-order valence-electron chi connectivity index (χ1n) is 10.8. The minimum atomic E-state index is 0.909. The van der Waals surface area contributed by atoms with Crippen molar-refractivity contribution in [1.82, 2.24) is 0 Å². The van der Waals surface area contributed by atoms with Gasteiger partial charge in [0.25, 0.3) is 0 Å². The van der Waals surface area contributed by atoms with Crippen molar-refractivity contribution < 1.29 is 8.83 Å². The third-order valence-corrected chi connectivity index (χ3v) is 6.32. The summed E-state index contributed by atoms with van der Waals surface area (Å²) in [5.74, 6) is 0. The van der Waals surface area contributed by atoms with Gasteiger partial charge in [0.05, 0.1) is 0 Å². The van der Waals surface area contributed by atoms with Crippen LogP contribution < -0.4 is 0 Å². The molecule has 150 valence electrons. The molecule has 2 heteroatoms. The van der Waals surface area contributed by atoms with E-state index in [0.29, 0.717) is 0 Å². The van der Waals surface area contributed by atoms with Gasteiger partial charge in [-0.1, -0.05) is 97.1 Å². The lowest BCUT2D eigenvalue weighted by atomic mass is 9.92. The van der Waals surface area contributed by atoms with Crippen LogP contribution in [-0.2, 0) is 0 Å². The summed E-state index contributed by atoms with van der Waals surface area (Å²) in [6.07, 6.45) is 0. The molecule has 0 aliphatic heterocycles. The number of para-hydroxylation sites is 4. The highest BCUT2D eigenvalue weighted by molar-refractivity contribution is 6.13. The average molecular weight is 410 g/mol. The number of fused-ring (bicyclic) bond motifs is 6. The van der Waals surface area contributed by atoms with E-state index >= 15 is 0 Å². The second kappa shape index (κ2) is 6.60. The summed E-state index contributed by atoms with van der Waals surface area (Å²) >= 11 is 0. The molecule has 5 aromatic carbocycles. The monoisotopic (exact) mass is 410 g/mol. The van der Waals surface area contributed by atoms with Crippen molar-refractivity contribution in [3.05, 3.63) is 109 Å². The van der Waals surface area contributed by atoms with E-state index in [0.717, 1.165) is 66.1 Å². The Morgan fingerprint density at radius 2 is 0.688 bits per heavy atom. The highest BCUT2D eigenvalue weighted by Crippen LogP contribution is 2.42. The van der Waals surface area contributed by atoms with Gasteiger partial charge in [-0.25, -0.2) is 0 Å². The maximum atomic E-state index is 6.34. The Hall–Kier alpha value is -4.30. The molecule has 0 N–H and O–H groups in total. The first kappa shape index (κ1) is 17.4. The van der Waals surface area contributed by atoms with Crippen LogP contribution in [0.5, 0.6) is 0 Å². The predicted octanol–water partition coefficient (Wildman–Crippen LogP) is 8.82. The average Bonchev–Trinajstić information content (AvgIpc) is 3.42. The summed E-state index contributed by atoms with van der Waals surface area (Å²) in [5.41, 5.74) is 8.08. The summed E-state index contributed by atoms with van der Waals surface area (Å²) in [6.45, 7) is 0. The molecule has 0 aliphatic rings. The maximum absolute atomic E-state index is 6.34. The lowest BCUT2D eigenvalue weighted by Gasteiger charge is -2.11. The minimum absolute atomic E-state index is 0.909. The van der Waals surface area contributed by atoms with Crippen LogP contribution in [0.2, 0.25) is 0 Å². The Morgan fingerprint density at radius 1 is 0.312 bits per heavy atom. The van der Waals surface area contributed by atoms with E-state index in [1.165, 1.54) is 0 Å². The lowest BCUT2D eigenvalue weighted by molar-refractivity contribution is 0.669. The van der Waals surface area contributed by atoms with Gasteiger partial charge in [0.15, 0.2) is 0 Å². The molecule has 7 rings (SSSR count). The van der Waals surface area contributed by atoms with Crippen LogP contribution in [0.1, 0.15) is 0 Å². The molecule has 0 bridgehead atoms. The third kappa shape index (κ3) is 2.41. The molecule has 0 atom stereocenters. The van der Waals surface area contributed by atoms with Gasteiger partial charge in [0.1, 0.15) is 22.3 Å². The van der Waals surface area contributed by atoms with Gasteiger partial charge < -0.3 is 8.83 Å². The topological polar surface area (TPSA) is 26.3 Å². The molecule has 7 aromatic rings. The van der Waals surface area contributed by atoms with Crippen LogP contribution in [0.3, 0.4) is 0 Å². The summed E-state index contributed by atoms with van der Waals surface area (Å²) in [7, 11) is 0. The lowest BCUT2D eigenvalue weighted by Crippen LogP contribution is -1.86. The maximum Gasteiger partial charge on any atom is 0.143 e. The fourth-order valence-electron chi connectivity index (χ4n) is 4.87. The van der Waals surface area contributed by atoms with Crippen LogP contribution in [0.15, 0.2) is 118 Å². The minimum Gasteiger partial charge on any atom is -0.455 e. The Morgan fingerprint density at radius 3 is 1.19 bits per heavy atom. The Bertz CT molecular complexity index is 1650. The van der Waals surface area contributed by atoms with Gasteiger partial charge in [-0.05, 0) is 23.3 Å². The number of hydrogen-bond donors (Lipinski definition) is 0. The fraction of sp³-hybridized carbons (Fsp3) is 0. The molecule has 0 amide bonds. The van der Waals surface area contributed by atoms with Crippen LogP contribution in [0.25, 0.3) is 66.1 Å². The quantitative estimate of drug-likeness (QED) is 0.284. The van der Waals surface area contributed by atoms with E-state index in [9.17, 15) is 0 Å². The van der Waals surface area contributed by atoms with E-state index in [1.54, 1.807) is 0 Å². The second-order valence-electron chi connectivity index (χ2n) is 8.11. The molecule has 0 unspecified atom stereocenters. The van der Waals surface area contributed by atoms with Crippen LogP contribution in [0.4, 0.5) is 0 Å². The van der Waals surface area contributed by atoms with Crippen LogP contribution in [0, 0.1) is 0 Å². The van der Waals surface area contributed by atoms with Crippen molar-refractivity contribution in [3.63, 3.8) is 0 Å². The van der Waals surface area contributed by atoms with Crippen LogP contribution in [-0.4, -0.2) is 0 Å². The van der Waals surface area contributed by atoms with Crippen molar-refractivity contribution in [2.45, 2.75) is 0 Å². The van der Waals surface area contributed by atoms with Gasteiger partial charge in [0, 0.05) is 32.7 Å². The predicted molar refractivity (Wildman–Crippen MR) is 132 cm³/mol. The smallest absolute Gasteiger partial charge is 0.143 e. The van der Waals surface area contributed by atoms with E-state index in [4.69, 9.17) is 8.83 Å². The van der Waals surface area contributed by atoms with Crippen molar-refractivity contribution in [2.75, 3.05) is 0 Å². The largest absolute Gasteiger partial charge is 0.455 e. The number of furan rings is 2. The van der Waals surface area contributed by atoms with Gasteiger partial charge in [-0.3, -0.25) is 0 Å².